The average molecular weight is 277 g/mol. The fraction of sp³-hybridized carbons (Fsp3) is 0.300. The molecule has 0 aliphatic heterocycles. The Morgan fingerprint density at radius 1 is 1.42 bits per heavy atom. The van der Waals surface area contributed by atoms with E-state index in [4.69, 9.17) is 0 Å². The molecule has 0 saturated heterocycles. The molecule has 104 valence electrons. The third-order valence-corrected chi connectivity index (χ3v) is 2.23. The molecule has 1 aromatic carbocycles. The van der Waals surface area contributed by atoms with Crippen LogP contribution >= 0.6 is 0 Å². The lowest BCUT2D eigenvalue weighted by Gasteiger charge is -2.10. The van der Waals surface area contributed by atoms with E-state index in [0.717, 1.165) is 12.1 Å². The van der Waals surface area contributed by atoms with Crippen LogP contribution in [0.1, 0.15) is 5.56 Å². The van der Waals surface area contributed by atoms with Gasteiger partial charge in [-0.15, -0.1) is 0 Å². The number of rotatable bonds is 4. The number of nitrogens with one attached hydrogen (secondary N) is 2. The van der Waals surface area contributed by atoms with Crippen LogP contribution in [0.2, 0.25) is 0 Å². The van der Waals surface area contributed by atoms with E-state index < -0.39 is 28.3 Å². The highest BCUT2D eigenvalue weighted by Crippen LogP contribution is 2.37. The molecule has 0 heterocycles. The van der Waals surface area contributed by atoms with Crippen LogP contribution in [0.3, 0.4) is 0 Å². The number of hydrogen-bond acceptors (Lipinski definition) is 4. The fourth-order valence-corrected chi connectivity index (χ4v) is 1.30. The van der Waals surface area contributed by atoms with E-state index >= 15 is 0 Å². The molecule has 0 fully saturated rings. The Morgan fingerprint density at radius 3 is 2.53 bits per heavy atom. The summed E-state index contributed by atoms with van der Waals surface area (Å²) in [5, 5.41) is 15.2. The van der Waals surface area contributed by atoms with Gasteiger partial charge < -0.3 is 10.6 Å². The van der Waals surface area contributed by atoms with Gasteiger partial charge in [-0.2, -0.15) is 13.2 Å². The van der Waals surface area contributed by atoms with Crippen LogP contribution in [0.25, 0.3) is 0 Å². The first kappa shape index (κ1) is 14.7. The standard InChI is InChI=1S/C10H10F3N3O3/c1-14-9(17)5-15-6-2-3-8(16(18)19)7(4-6)10(11,12)13/h2-4,15H,5H2,1H3,(H,14,17). The summed E-state index contributed by atoms with van der Waals surface area (Å²) < 4.78 is 37.9. The van der Waals surface area contributed by atoms with E-state index in [1.54, 1.807) is 0 Å². The summed E-state index contributed by atoms with van der Waals surface area (Å²) in [6.45, 7) is -0.231. The summed E-state index contributed by atoms with van der Waals surface area (Å²) in [6, 6.07) is 2.45. The maximum Gasteiger partial charge on any atom is 0.423 e. The fourth-order valence-electron chi connectivity index (χ4n) is 1.30. The highest BCUT2D eigenvalue weighted by atomic mass is 19.4. The van der Waals surface area contributed by atoms with Crippen LogP contribution in [0.4, 0.5) is 24.5 Å². The van der Waals surface area contributed by atoms with E-state index in [1.807, 2.05) is 0 Å². The Balaban J connectivity index is 3.05. The topological polar surface area (TPSA) is 84.3 Å². The number of nitro benzene ring substituents is 1. The van der Waals surface area contributed by atoms with Crippen molar-refractivity contribution in [2.24, 2.45) is 0 Å². The van der Waals surface area contributed by atoms with Crippen molar-refractivity contribution < 1.29 is 22.9 Å². The zero-order valence-corrected chi connectivity index (χ0v) is 9.75. The molecular formula is C10H10F3N3O3. The number of halogens is 3. The molecule has 0 saturated carbocycles. The van der Waals surface area contributed by atoms with E-state index in [0.29, 0.717) is 6.07 Å². The predicted molar refractivity (Wildman–Crippen MR) is 60.7 cm³/mol. The maximum atomic E-state index is 12.6. The van der Waals surface area contributed by atoms with Crippen molar-refractivity contribution in [2.45, 2.75) is 6.18 Å². The number of nitro groups is 1. The second kappa shape index (κ2) is 5.55. The zero-order valence-electron chi connectivity index (χ0n) is 9.75. The summed E-state index contributed by atoms with van der Waals surface area (Å²) in [5.41, 5.74) is -2.42. The SMILES string of the molecule is CNC(=O)CNc1ccc([N+](=O)[O-])c(C(F)(F)F)c1. The van der Waals surface area contributed by atoms with Crippen molar-refractivity contribution in [1.82, 2.24) is 5.32 Å². The molecule has 19 heavy (non-hydrogen) atoms. The lowest BCUT2D eigenvalue weighted by Crippen LogP contribution is -2.26. The molecule has 0 aromatic heterocycles. The van der Waals surface area contributed by atoms with Crippen molar-refractivity contribution in [3.63, 3.8) is 0 Å². The molecule has 0 atom stereocenters. The van der Waals surface area contributed by atoms with Gasteiger partial charge in [-0.3, -0.25) is 14.9 Å². The summed E-state index contributed by atoms with van der Waals surface area (Å²) in [7, 11) is 1.38. The first-order valence-corrected chi connectivity index (χ1v) is 5.05. The number of carbonyl (C=O) groups is 1. The molecule has 0 unspecified atom stereocenters. The Hall–Kier alpha value is -2.32. The minimum absolute atomic E-state index is 0.0264. The van der Waals surface area contributed by atoms with E-state index in [1.165, 1.54) is 7.05 Å². The number of benzene rings is 1. The lowest BCUT2D eigenvalue weighted by molar-refractivity contribution is -0.388. The highest BCUT2D eigenvalue weighted by molar-refractivity contribution is 5.80. The normalized spacial score (nSPS) is 10.9. The summed E-state index contributed by atoms with van der Waals surface area (Å²) in [4.78, 5) is 20.3. The molecule has 0 aliphatic carbocycles. The van der Waals surface area contributed by atoms with Gasteiger partial charge in [0.05, 0.1) is 11.5 Å². The average Bonchev–Trinajstić information content (AvgIpc) is 2.34. The molecule has 6 nitrogen and oxygen atoms in total. The molecule has 0 bridgehead atoms. The van der Waals surface area contributed by atoms with Crippen molar-refractivity contribution in [3.8, 4) is 0 Å². The predicted octanol–water partition coefficient (Wildman–Crippen LogP) is 1.77. The summed E-state index contributed by atoms with van der Waals surface area (Å²) in [6.07, 6.45) is -4.84. The van der Waals surface area contributed by atoms with Gasteiger partial charge in [0.1, 0.15) is 5.56 Å². The molecule has 1 aromatic rings. The Labute approximate surface area is 105 Å². The van der Waals surface area contributed by atoms with E-state index in [2.05, 4.69) is 10.6 Å². The van der Waals surface area contributed by atoms with Crippen LogP contribution < -0.4 is 10.6 Å². The van der Waals surface area contributed by atoms with Gasteiger partial charge in [-0.1, -0.05) is 0 Å². The largest absolute Gasteiger partial charge is 0.423 e. The maximum absolute atomic E-state index is 12.6. The van der Waals surface area contributed by atoms with Crippen LogP contribution in [0, 0.1) is 10.1 Å². The Bertz CT molecular complexity index is 503. The van der Waals surface area contributed by atoms with Crippen LogP contribution in [-0.2, 0) is 11.0 Å². The number of alkyl halides is 3. The number of hydrogen-bond donors (Lipinski definition) is 2. The van der Waals surface area contributed by atoms with Crippen molar-refractivity contribution >= 4 is 17.3 Å². The molecule has 0 radical (unpaired) electrons. The van der Waals surface area contributed by atoms with Gasteiger partial charge >= 0.3 is 6.18 Å². The third kappa shape index (κ3) is 3.83. The van der Waals surface area contributed by atoms with Gasteiger partial charge in [0.25, 0.3) is 5.69 Å². The Kier molecular flexibility index (Phi) is 4.30. The molecule has 0 aliphatic rings. The zero-order chi connectivity index (χ0) is 14.6. The molecular weight excluding hydrogens is 267 g/mol. The van der Waals surface area contributed by atoms with E-state index in [-0.39, 0.29) is 12.2 Å². The van der Waals surface area contributed by atoms with Gasteiger partial charge in [0.2, 0.25) is 5.91 Å². The van der Waals surface area contributed by atoms with E-state index in [9.17, 15) is 28.1 Å². The number of anilines is 1. The second-order valence-electron chi connectivity index (χ2n) is 3.51. The Morgan fingerprint density at radius 2 is 2.05 bits per heavy atom. The van der Waals surface area contributed by atoms with Crippen LogP contribution in [0.5, 0.6) is 0 Å². The molecule has 2 N–H and O–H groups in total. The minimum Gasteiger partial charge on any atom is -0.376 e. The van der Waals surface area contributed by atoms with Gasteiger partial charge in [-0.25, -0.2) is 0 Å². The monoisotopic (exact) mass is 277 g/mol. The first-order valence-electron chi connectivity index (χ1n) is 5.05. The molecule has 1 rings (SSSR count). The minimum atomic E-state index is -4.84. The van der Waals surface area contributed by atoms with Crippen molar-refractivity contribution in [3.05, 3.63) is 33.9 Å². The number of likely N-dealkylation sites (N-methyl/N-ethyl adjacent to an activating group) is 1. The summed E-state index contributed by atoms with van der Waals surface area (Å²) >= 11 is 0. The van der Waals surface area contributed by atoms with Crippen molar-refractivity contribution in [1.29, 1.82) is 0 Å². The quantitative estimate of drug-likeness (QED) is 0.649. The highest BCUT2D eigenvalue weighted by Gasteiger charge is 2.38. The first-order chi connectivity index (χ1) is 8.75. The number of carbonyl (C=O) groups excluding carboxylic acids is 1. The molecule has 1 amide bonds. The van der Waals surface area contributed by atoms with Crippen LogP contribution in [0.15, 0.2) is 18.2 Å². The van der Waals surface area contributed by atoms with Crippen molar-refractivity contribution in [2.75, 3.05) is 18.9 Å². The van der Waals surface area contributed by atoms with Gasteiger partial charge in [0.15, 0.2) is 0 Å². The number of nitrogens with zero attached hydrogens (tertiary/aromatic N) is 1. The smallest absolute Gasteiger partial charge is 0.376 e. The lowest BCUT2D eigenvalue weighted by atomic mass is 10.1. The van der Waals surface area contributed by atoms with Gasteiger partial charge in [0, 0.05) is 18.8 Å². The third-order valence-electron chi connectivity index (χ3n) is 2.23. The molecule has 0 spiro atoms. The number of amides is 1. The second-order valence-corrected chi connectivity index (χ2v) is 3.51. The van der Waals surface area contributed by atoms with Gasteiger partial charge in [-0.05, 0) is 12.1 Å². The molecule has 9 heteroatoms. The summed E-state index contributed by atoms with van der Waals surface area (Å²) in [5.74, 6) is -0.424. The van der Waals surface area contributed by atoms with Crippen LogP contribution in [-0.4, -0.2) is 24.4 Å².